The van der Waals surface area contributed by atoms with Crippen molar-refractivity contribution in [2.75, 3.05) is 0 Å². The van der Waals surface area contributed by atoms with E-state index in [1.54, 1.807) is 5.57 Å². The van der Waals surface area contributed by atoms with E-state index in [0.717, 1.165) is 5.92 Å². The van der Waals surface area contributed by atoms with Crippen LogP contribution in [0.5, 0.6) is 0 Å². The first-order valence-corrected chi connectivity index (χ1v) is 12.0. The van der Waals surface area contributed by atoms with Gasteiger partial charge in [0.05, 0.1) is 0 Å². The first kappa shape index (κ1) is 22.8. The van der Waals surface area contributed by atoms with Crippen LogP contribution in [0.3, 0.4) is 0 Å². The largest absolute Gasteiger partial charge is 0.0853 e. The lowest BCUT2D eigenvalue weighted by Gasteiger charge is -2.09. The molecule has 25 heavy (non-hydrogen) atoms. The molecule has 0 spiro atoms. The van der Waals surface area contributed by atoms with Gasteiger partial charge >= 0.3 is 0 Å². The van der Waals surface area contributed by atoms with Crippen molar-refractivity contribution in [1.29, 1.82) is 0 Å². The molecule has 0 amide bonds. The molecule has 0 aromatic heterocycles. The van der Waals surface area contributed by atoms with Crippen LogP contribution in [-0.4, -0.2) is 0 Å². The molecule has 0 aromatic rings. The van der Waals surface area contributed by atoms with Crippen LogP contribution in [-0.2, 0) is 0 Å². The van der Waals surface area contributed by atoms with Crippen molar-refractivity contribution in [2.45, 2.75) is 142 Å². The van der Waals surface area contributed by atoms with Gasteiger partial charge in [-0.1, -0.05) is 121 Å². The Morgan fingerprint density at radius 1 is 0.640 bits per heavy atom. The minimum atomic E-state index is 0.941. The van der Waals surface area contributed by atoms with Crippen molar-refractivity contribution in [3.8, 4) is 0 Å². The average Bonchev–Trinajstić information content (AvgIpc) is 3.16. The molecule has 1 aliphatic carbocycles. The molecule has 1 rings (SSSR count). The zero-order valence-corrected chi connectivity index (χ0v) is 17.8. The van der Waals surface area contributed by atoms with Gasteiger partial charge in [-0.25, -0.2) is 0 Å². The third-order valence-corrected chi connectivity index (χ3v) is 6.27. The Morgan fingerprint density at radius 2 is 1.04 bits per heavy atom. The molecule has 0 bridgehead atoms. The highest BCUT2D eigenvalue weighted by Gasteiger charge is 2.15. The van der Waals surface area contributed by atoms with Crippen LogP contribution < -0.4 is 0 Å². The van der Waals surface area contributed by atoms with Gasteiger partial charge in [-0.3, -0.25) is 0 Å². The van der Waals surface area contributed by atoms with Crippen molar-refractivity contribution in [3.05, 3.63) is 11.6 Å². The maximum atomic E-state index is 2.55. The number of hydrogen-bond donors (Lipinski definition) is 0. The molecule has 0 atom stereocenters. The highest BCUT2D eigenvalue weighted by atomic mass is 14.2. The topological polar surface area (TPSA) is 0 Å². The van der Waals surface area contributed by atoms with Crippen molar-refractivity contribution >= 4 is 0 Å². The van der Waals surface area contributed by atoms with E-state index < -0.39 is 0 Å². The summed E-state index contributed by atoms with van der Waals surface area (Å²) in [4.78, 5) is 0. The maximum Gasteiger partial charge on any atom is -0.0206 e. The van der Waals surface area contributed by atoms with Gasteiger partial charge in [0.25, 0.3) is 0 Å². The van der Waals surface area contributed by atoms with Crippen molar-refractivity contribution in [1.82, 2.24) is 0 Å². The van der Waals surface area contributed by atoms with Crippen LogP contribution in [0, 0.1) is 5.92 Å². The number of rotatable bonds is 17. The van der Waals surface area contributed by atoms with Crippen LogP contribution in [0.25, 0.3) is 0 Å². The number of unbranched alkanes of at least 4 members (excludes halogenated alkanes) is 15. The Balaban J connectivity index is 1.74. The summed E-state index contributed by atoms with van der Waals surface area (Å²) in [5.74, 6) is 0.941. The lowest BCUT2D eigenvalue weighted by molar-refractivity contribution is 0.532. The number of hydrogen-bond acceptors (Lipinski definition) is 0. The van der Waals surface area contributed by atoms with Crippen LogP contribution >= 0.6 is 0 Å². The third-order valence-electron chi connectivity index (χ3n) is 6.27. The molecule has 0 nitrogen and oxygen atoms in total. The standard InChI is InChI=1S/C25H48/c1-3-4-5-6-7-8-9-10-11-12-13-14-15-16-17-18-21-24(2)25-22-19-20-23-25/h21,25H,3-20,22-23H2,1-2H3. The maximum absolute atomic E-state index is 2.55. The lowest BCUT2D eigenvalue weighted by atomic mass is 9.97. The summed E-state index contributed by atoms with van der Waals surface area (Å²) in [5.41, 5.74) is 1.70. The van der Waals surface area contributed by atoms with Crippen LogP contribution in [0.15, 0.2) is 11.6 Å². The van der Waals surface area contributed by atoms with E-state index in [-0.39, 0.29) is 0 Å². The Bertz CT molecular complexity index is 295. The fourth-order valence-electron chi connectivity index (χ4n) is 4.39. The minimum Gasteiger partial charge on any atom is -0.0853 e. The smallest absolute Gasteiger partial charge is 0.0206 e. The lowest BCUT2D eigenvalue weighted by Crippen LogP contribution is -1.94. The first-order chi connectivity index (χ1) is 12.3. The average molecular weight is 349 g/mol. The van der Waals surface area contributed by atoms with E-state index in [2.05, 4.69) is 19.9 Å². The van der Waals surface area contributed by atoms with Gasteiger partial charge in [-0.2, -0.15) is 0 Å². The Morgan fingerprint density at radius 3 is 1.48 bits per heavy atom. The van der Waals surface area contributed by atoms with Gasteiger partial charge in [0, 0.05) is 0 Å². The summed E-state index contributed by atoms with van der Waals surface area (Å²) in [6, 6.07) is 0. The highest BCUT2D eigenvalue weighted by molar-refractivity contribution is 5.04. The van der Waals surface area contributed by atoms with E-state index in [1.165, 1.54) is 128 Å². The summed E-state index contributed by atoms with van der Waals surface area (Å²) in [6.07, 6.45) is 31.7. The van der Waals surface area contributed by atoms with Gasteiger partial charge in [-0.15, -0.1) is 0 Å². The normalized spacial score (nSPS) is 16.0. The summed E-state index contributed by atoms with van der Waals surface area (Å²) in [5, 5.41) is 0. The number of allylic oxidation sites excluding steroid dienone is 2. The molecule has 1 aliphatic rings. The summed E-state index contributed by atoms with van der Waals surface area (Å²) in [7, 11) is 0. The van der Waals surface area contributed by atoms with E-state index in [9.17, 15) is 0 Å². The molecule has 0 N–H and O–H groups in total. The Kier molecular flexibility index (Phi) is 15.6. The van der Waals surface area contributed by atoms with Crippen molar-refractivity contribution < 1.29 is 0 Å². The Hall–Kier alpha value is -0.260. The van der Waals surface area contributed by atoms with Crippen molar-refractivity contribution in [3.63, 3.8) is 0 Å². The SMILES string of the molecule is CCCCCCCCCCCCCCCCCC=C(C)C1CCCC1. The highest BCUT2D eigenvalue weighted by Crippen LogP contribution is 2.31. The molecule has 0 aromatic carbocycles. The van der Waals surface area contributed by atoms with Gasteiger partial charge < -0.3 is 0 Å². The van der Waals surface area contributed by atoms with Crippen LogP contribution in [0.1, 0.15) is 142 Å². The zero-order chi connectivity index (χ0) is 18.0. The monoisotopic (exact) mass is 348 g/mol. The second-order valence-corrected chi connectivity index (χ2v) is 8.67. The summed E-state index contributed by atoms with van der Waals surface area (Å²) < 4.78 is 0. The van der Waals surface area contributed by atoms with Gasteiger partial charge in [0.15, 0.2) is 0 Å². The Labute approximate surface area is 160 Å². The van der Waals surface area contributed by atoms with E-state index >= 15 is 0 Å². The zero-order valence-electron chi connectivity index (χ0n) is 17.8. The van der Waals surface area contributed by atoms with Crippen LogP contribution in [0.2, 0.25) is 0 Å². The molecule has 0 saturated heterocycles. The molecule has 0 unspecified atom stereocenters. The predicted molar refractivity (Wildman–Crippen MR) is 115 cm³/mol. The molecule has 0 aliphatic heterocycles. The predicted octanol–water partition coefficient (Wildman–Crippen LogP) is 9.38. The minimum absolute atomic E-state index is 0.941. The van der Waals surface area contributed by atoms with E-state index in [4.69, 9.17) is 0 Å². The molecule has 0 heteroatoms. The fourth-order valence-corrected chi connectivity index (χ4v) is 4.39. The first-order valence-electron chi connectivity index (χ1n) is 12.0. The second-order valence-electron chi connectivity index (χ2n) is 8.67. The molecular weight excluding hydrogens is 300 g/mol. The molecular formula is C25H48. The summed E-state index contributed by atoms with van der Waals surface area (Å²) in [6.45, 7) is 4.68. The molecule has 1 saturated carbocycles. The van der Waals surface area contributed by atoms with E-state index in [1.807, 2.05) is 0 Å². The third kappa shape index (κ3) is 13.6. The molecule has 0 heterocycles. The second kappa shape index (κ2) is 17.2. The fraction of sp³-hybridized carbons (Fsp3) is 0.920. The van der Waals surface area contributed by atoms with Gasteiger partial charge in [-0.05, 0) is 38.5 Å². The van der Waals surface area contributed by atoms with Crippen LogP contribution in [0.4, 0.5) is 0 Å². The molecule has 0 radical (unpaired) electrons. The molecule has 148 valence electrons. The summed E-state index contributed by atoms with van der Waals surface area (Å²) >= 11 is 0. The molecule has 1 fully saturated rings. The van der Waals surface area contributed by atoms with Gasteiger partial charge in [0.1, 0.15) is 0 Å². The van der Waals surface area contributed by atoms with Gasteiger partial charge in [0.2, 0.25) is 0 Å². The van der Waals surface area contributed by atoms with Crippen molar-refractivity contribution in [2.24, 2.45) is 5.92 Å². The van der Waals surface area contributed by atoms with E-state index in [0.29, 0.717) is 0 Å². The quantitative estimate of drug-likeness (QED) is 0.181.